The molecule has 1 aromatic heterocycles. The molecular weight excluding hydrogens is 240 g/mol. The molecule has 1 aliphatic rings. The second-order valence-electron chi connectivity index (χ2n) is 4.51. The van der Waals surface area contributed by atoms with Crippen LogP contribution in [-0.4, -0.2) is 48.1 Å². The smallest absolute Gasteiger partial charge is 0.271 e. The van der Waals surface area contributed by atoms with Crippen LogP contribution in [-0.2, 0) is 0 Å². The lowest BCUT2D eigenvalue weighted by molar-refractivity contribution is 0.252. The van der Waals surface area contributed by atoms with Gasteiger partial charge in [0.15, 0.2) is 5.82 Å². The molecule has 0 radical (unpaired) electrons. The fourth-order valence-corrected chi connectivity index (χ4v) is 2.41. The second kappa shape index (κ2) is 5.06. The second-order valence-corrected chi connectivity index (χ2v) is 4.89. The summed E-state index contributed by atoms with van der Waals surface area (Å²) in [5, 5.41) is 0.175. The molecule has 1 N–H and O–H groups in total. The number of hydrogen-bond acceptors (Lipinski definition) is 4. The molecule has 6 heteroatoms. The predicted molar refractivity (Wildman–Crippen MR) is 68.8 cm³/mol. The van der Waals surface area contributed by atoms with Crippen molar-refractivity contribution in [3.8, 4) is 0 Å². The first-order valence-corrected chi connectivity index (χ1v) is 6.12. The average molecular weight is 257 g/mol. The van der Waals surface area contributed by atoms with Gasteiger partial charge in [-0.05, 0) is 33.0 Å². The van der Waals surface area contributed by atoms with Crippen LogP contribution in [0.1, 0.15) is 12.8 Å². The number of aromatic nitrogens is 2. The van der Waals surface area contributed by atoms with Gasteiger partial charge in [0.1, 0.15) is 5.02 Å². The van der Waals surface area contributed by atoms with Gasteiger partial charge in [-0.3, -0.25) is 4.79 Å². The van der Waals surface area contributed by atoms with E-state index in [0.29, 0.717) is 11.9 Å². The molecule has 17 heavy (non-hydrogen) atoms. The summed E-state index contributed by atoms with van der Waals surface area (Å²) in [6.07, 6.45) is 3.53. The lowest BCUT2D eigenvalue weighted by Gasteiger charge is -2.35. The van der Waals surface area contributed by atoms with Crippen LogP contribution in [0.2, 0.25) is 5.02 Å². The molecule has 0 spiro atoms. The van der Waals surface area contributed by atoms with E-state index in [1.54, 1.807) is 0 Å². The van der Waals surface area contributed by atoms with E-state index in [4.69, 9.17) is 11.6 Å². The van der Waals surface area contributed by atoms with Crippen LogP contribution in [0.4, 0.5) is 5.82 Å². The molecule has 0 unspecified atom stereocenters. The summed E-state index contributed by atoms with van der Waals surface area (Å²) in [4.78, 5) is 22.4. The van der Waals surface area contributed by atoms with Crippen LogP contribution in [0.25, 0.3) is 0 Å². The molecule has 2 heterocycles. The zero-order valence-corrected chi connectivity index (χ0v) is 10.9. The number of nitrogens with zero attached hydrogens (tertiary/aromatic N) is 3. The highest BCUT2D eigenvalue weighted by molar-refractivity contribution is 6.32. The van der Waals surface area contributed by atoms with Crippen LogP contribution in [0.5, 0.6) is 0 Å². The van der Waals surface area contributed by atoms with Crippen molar-refractivity contribution in [2.45, 2.75) is 18.9 Å². The van der Waals surface area contributed by atoms with Crippen LogP contribution < -0.4 is 10.5 Å². The van der Waals surface area contributed by atoms with E-state index in [1.807, 2.05) is 11.9 Å². The van der Waals surface area contributed by atoms with Gasteiger partial charge >= 0.3 is 0 Å². The molecule has 1 aromatic rings. The maximum absolute atomic E-state index is 11.4. The Morgan fingerprint density at radius 3 is 2.82 bits per heavy atom. The Hall–Kier alpha value is -1.07. The predicted octanol–water partition coefficient (Wildman–Crippen LogP) is 0.954. The maximum Gasteiger partial charge on any atom is 0.271 e. The average Bonchev–Trinajstić information content (AvgIpc) is 2.33. The Balaban J connectivity index is 2.17. The Morgan fingerprint density at radius 1 is 1.53 bits per heavy atom. The minimum Gasteiger partial charge on any atom is -0.355 e. The van der Waals surface area contributed by atoms with Gasteiger partial charge in [-0.1, -0.05) is 11.6 Å². The minimum atomic E-state index is -0.281. The van der Waals surface area contributed by atoms with Crippen molar-refractivity contribution in [1.82, 2.24) is 14.9 Å². The third-order valence-electron chi connectivity index (χ3n) is 3.35. The Labute approximate surface area is 105 Å². The highest BCUT2D eigenvalue weighted by Gasteiger charge is 2.23. The van der Waals surface area contributed by atoms with E-state index in [0.717, 1.165) is 25.9 Å². The Kier molecular flexibility index (Phi) is 3.69. The van der Waals surface area contributed by atoms with Gasteiger partial charge in [0, 0.05) is 13.1 Å². The largest absolute Gasteiger partial charge is 0.355 e. The van der Waals surface area contributed by atoms with Crippen molar-refractivity contribution in [3.63, 3.8) is 0 Å². The number of piperidine rings is 1. The normalized spacial score (nSPS) is 18.3. The zero-order chi connectivity index (χ0) is 12.4. The fraction of sp³-hybridized carbons (Fsp3) is 0.636. The van der Waals surface area contributed by atoms with Crippen LogP contribution >= 0.6 is 11.6 Å². The van der Waals surface area contributed by atoms with Crippen molar-refractivity contribution < 1.29 is 0 Å². The zero-order valence-electron chi connectivity index (χ0n) is 10.1. The van der Waals surface area contributed by atoms with Gasteiger partial charge < -0.3 is 14.8 Å². The van der Waals surface area contributed by atoms with Crippen molar-refractivity contribution >= 4 is 17.4 Å². The van der Waals surface area contributed by atoms with E-state index >= 15 is 0 Å². The van der Waals surface area contributed by atoms with Gasteiger partial charge in [-0.2, -0.15) is 0 Å². The van der Waals surface area contributed by atoms with E-state index in [9.17, 15) is 4.79 Å². The number of nitrogens with one attached hydrogen (secondary N) is 1. The molecule has 1 aliphatic heterocycles. The summed E-state index contributed by atoms with van der Waals surface area (Å²) in [5.41, 5.74) is -0.281. The van der Waals surface area contributed by atoms with E-state index in [1.165, 1.54) is 6.33 Å². The van der Waals surface area contributed by atoms with Crippen molar-refractivity contribution in [2.24, 2.45) is 0 Å². The topological polar surface area (TPSA) is 52.2 Å². The van der Waals surface area contributed by atoms with Gasteiger partial charge in [0.2, 0.25) is 0 Å². The van der Waals surface area contributed by atoms with Gasteiger partial charge in [0.25, 0.3) is 5.56 Å². The fourth-order valence-electron chi connectivity index (χ4n) is 2.17. The number of rotatable bonds is 2. The van der Waals surface area contributed by atoms with Gasteiger partial charge in [0.05, 0.1) is 6.33 Å². The van der Waals surface area contributed by atoms with E-state index < -0.39 is 0 Å². The number of aromatic amines is 1. The first-order chi connectivity index (χ1) is 8.09. The molecule has 0 saturated carbocycles. The molecule has 0 aliphatic carbocycles. The number of likely N-dealkylation sites (tertiary alicyclic amines) is 1. The monoisotopic (exact) mass is 256 g/mol. The first kappa shape index (κ1) is 12.4. The lowest BCUT2D eigenvalue weighted by Crippen LogP contribution is -2.42. The van der Waals surface area contributed by atoms with Crippen molar-refractivity contribution in [1.29, 1.82) is 0 Å². The van der Waals surface area contributed by atoms with Crippen molar-refractivity contribution in [3.05, 3.63) is 21.7 Å². The maximum atomic E-state index is 11.4. The SMILES string of the molecule is CN1CCC(N(C)c2nc[nH]c(=O)c2Cl)CC1. The molecule has 0 bridgehead atoms. The molecule has 0 amide bonds. The van der Waals surface area contributed by atoms with Gasteiger partial charge in [-0.25, -0.2) is 4.98 Å². The number of H-pyrrole nitrogens is 1. The molecule has 5 nitrogen and oxygen atoms in total. The molecule has 94 valence electrons. The molecular formula is C11H17ClN4O. The molecule has 2 rings (SSSR count). The summed E-state index contributed by atoms with van der Waals surface area (Å²) < 4.78 is 0. The van der Waals surface area contributed by atoms with E-state index in [-0.39, 0.29) is 10.6 Å². The quantitative estimate of drug-likeness (QED) is 0.856. The highest BCUT2D eigenvalue weighted by atomic mass is 35.5. The number of halogens is 1. The highest BCUT2D eigenvalue weighted by Crippen LogP contribution is 2.23. The summed E-state index contributed by atoms with van der Waals surface area (Å²) in [7, 11) is 4.07. The minimum absolute atomic E-state index is 0.175. The first-order valence-electron chi connectivity index (χ1n) is 5.74. The molecule has 0 atom stereocenters. The third kappa shape index (κ3) is 2.61. The summed E-state index contributed by atoms with van der Waals surface area (Å²) >= 11 is 5.98. The summed E-state index contributed by atoms with van der Waals surface area (Å²) in [5.74, 6) is 0.574. The Bertz CT molecular complexity index is 439. The van der Waals surface area contributed by atoms with E-state index in [2.05, 4.69) is 21.9 Å². The van der Waals surface area contributed by atoms with Crippen LogP contribution in [0, 0.1) is 0 Å². The van der Waals surface area contributed by atoms with Crippen molar-refractivity contribution in [2.75, 3.05) is 32.1 Å². The number of hydrogen-bond donors (Lipinski definition) is 1. The van der Waals surface area contributed by atoms with Gasteiger partial charge in [-0.15, -0.1) is 0 Å². The standard InChI is InChI=1S/C11H17ClN4O/c1-15-5-3-8(4-6-15)16(2)10-9(12)11(17)14-7-13-10/h7-8H,3-6H2,1-2H3,(H,13,14,17). The summed E-state index contributed by atoms with van der Waals surface area (Å²) in [6.45, 7) is 2.13. The number of anilines is 1. The molecule has 1 fully saturated rings. The third-order valence-corrected chi connectivity index (χ3v) is 3.69. The molecule has 0 aromatic carbocycles. The van der Waals surface area contributed by atoms with Crippen LogP contribution in [0.15, 0.2) is 11.1 Å². The van der Waals surface area contributed by atoms with Crippen LogP contribution in [0.3, 0.4) is 0 Å². The molecule has 1 saturated heterocycles. The Morgan fingerprint density at radius 2 is 2.18 bits per heavy atom. The summed E-state index contributed by atoms with van der Waals surface area (Å²) in [6, 6.07) is 0.401. The lowest BCUT2D eigenvalue weighted by atomic mass is 10.0.